The predicted octanol–water partition coefficient (Wildman–Crippen LogP) is 3.33. The smallest absolute Gasteiger partial charge is 0.341 e. The molecule has 1 N–H and O–H groups in total. The van der Waals surface area contributed by atoms with Crippen LogP contribution in [0, 0.1) is 0 Å². The Hall–Kier alpha value is -2.38. The summed E-state index contributed by atoms with van der Waals surface area (Å²) in [5.74, 6) is 0.00555. The van der Waals surface area contributed by atoms with Gasteiger partial charge in [-0.3, -0.25) is 4.79 Å². The summed E-state index contributed by atoms with van der Waals surface area (Å²) in [6.07, 6.45) is 1.09. The fourth-order valence-electron chi connectivity index (χ4n) is 2.71. The number of methoxy groups -OCH3 is 2. The minimum atomic E-state index is -0.491. The number of ether oxygens (including phenoxy) is 3. The highest BCUT2D eigenvalue weighted by molar-refractivity contribution is 7.15. The number of thiophene rings is 1. The zero-order valence-corrected chi connectivity index (χ0v) is 14.9. The largest absolute Gasteiger partial charge is 0.497 e. The fourth-order valence-corrected chi connectivity index (χ4v) is 3.67. The molecule has 0 bridgehead atoms. The first kappa shape index (κ1) is 17.4. The SMILES string of the molecule is COC(=O)c1c(-c2ccc(OC)cc2)csc1NC(=O)[C@H]1CCCO1. The summed E-state index contributed by atoms with van der Waals surface area (Å²) in [4.78, 5) is 24.6. The van der Waals surface area contributed by atoms with E-state index < -0.39 is 12.1 Å². The van der Waals surface area contributed by atoms with Crippen LogP contribution in [0.25, 0.3) is 11.1 Å². The van der Waals surface area contributed by atoms with Crippen molar-refractivity contribution in [1.29, 1.82) is 0 Å². The number of rotatable bonds is 5. The molecule has 0 unspecified atom stereocenters. The van der Waals surface area contributed by atoms with Crippen molar-refractivity contribution in [2.45, 2.75) is 18.9 Å². The number of hydrogen-bond donors (Lipinski definition) is 1. The minimum absolute atomic E-state index is 0.231. The molecular weight excluding hydrogens is 342 g/mol. The van der Waals surface area contributed by atoms with Gasteiger partial charge in [0.05, 0.1) is 14.2 Å². The van der Waals surface area contributed by atoms with Crippen molar-refractivity contribution < 1.29 is 23.8 Å². The molecule has 2 heterocycles. The van der Waals surface area contributed by atoms with Crippen molar-refractivity contribution in [2.24, 2.45) is 0 Å². The van der Waals surface area contributed by atoms with E-state index in [0.29, 0.717) is 29.2 Å². The average molecular weight is 361 g/mol. The quantitative estimate of drug-likeness (QED) is 0.827. The van der Waals surface area contributed by atoms with Gasteiger partial charge >= 0.3 is 5.97 Å². The molecule has 0 aliphatic carbocycles. The summed E-state index contributed by atoms with van der Waals surface area (Å²) in [5, 5.41) is 5.11. The predicted molar refractivity (Wildman–Crippen MR) is 95.3 cm³/mol. The molecule has 0 saturated carbocycles. The van der Waals surface area contributed by atoms with Crippen LogP contribution in [0.3, 0.4) is 0 Å². The standard InChI is InChI=1S/C18H19NO5S/c1-22-12-7-5-11(6-8-12)13-10-25-17(15(13)18(21)23-2)19-16(20)14-4-3-9-24-14/h5-8,10,14H,3-4,9H2,1-2H3,(H,19,20)/t14-/m1/s1. The molecule has 0 spiro atoms. The van der Waals surface area contributed by atoms with Gasteiger partial charge < -0.3 is 19.5 Å². The summed E-state index contributed by atoms with van der Waals surface area (Å²) in [5.41, 5.74) is 1.90. The second-order valence-corrected chi connectivity index (χ2v) is 6.44. The van der Waals surface area contributed by atoms with E-state index in [1.807, 2.05) is 29.6 Å². The highest BCUT2D eigenvalue weighted by Crippen LogP contribution is 2.37. The monoisotopic (exact) mass is 361 g/mol. The Balaban J connectivity index is 1.92. The topological polar surface area (TPSA) is 73.9 Å². The maximum Gasteiger partial charge on any atom is 0.341 e. The molecule has 132 valence electrons. The van der Waals surface area contributed by atoms with Crippen LogP contribution < -0.4 is 10.1 Å². The summed E-state index contributed by atoms with van der Waals surface area (Å²) >= 11 is 1.29. The van der Waals surface area contributed by atoms with Gasteiger partial charge in [-0.2, -0.15) is 0 Å². The van der Waals surface area contributed by atoms with Crippen molar-refractivity contribution in [3.63, 3.8) is 0 Å². The molecule has 1 aliphatic rings. The van der Waals surface area contributed by atoms with Gasteiger partial charge in [-0.25, -0.2) is 4.79 Å². The van der Waals surface area contributed by atoms with Crippen molar-refractivity contribution in [2.75, 3.05) is 26.1 Å². The van der Waals surface area contributed by atoms with Gasteiger partial charge in [0.1, 0.15) is 22.4 Å². The van der Waals surface area contributed by atoms with Gasteiger partial charge in [0.25, 0.3) is 5.91 Å². The Bertz CT molecular complexity index is 762. The molecule has 1 aromatic heterocycles. The second kappa shape index (κ2) is 7.67. The first-order chi connectivity index (χ1) is 12.1. The van der Waals surface area contributed by atoms with Crippen LogP contribution in [0.2, 0.25) is 0 Å². The van der Waals surface area contributed by atoms with Crippen molar-refractivity contribution in [3.05, 3.63) is 35.2 Å². The van der Waals surface area contributed by atoms with Crippen LogP contribution in [-0.4, -0.2) is 38.8 Å². The summed E-state index contributed by atoms with van der Waals surface area (Å²) in [6, 6.07) is 7.36. The number of hydrogen-bond acceptors (Lipinski definition) is 6. The fraction of sp³-hybridized carbons (Fsp3) is 0.333. The van der Waals surface area contributed by atoms with E-state index in [1.54, 1.807) is 7.11 Å². The molecule has 1 aromatic carbocycles. The van der Waals surface area contributed by atoms with Gasteiger partial charge in [-0.15, -0.1) is 11.3 Å². The van der Waals surface area contributed by atoms with Gasteiger partial charge in [0.2, 0.25) is 0 Å². The minimum Gasteiger partial charge on any atom is -0.497 e. The van der Waals surface area contributed by atoms with Crippen molar-refractivity contribution in [1.82, 2.24) is 0 Å². The molecule has 1 fully saturated rings. The maximum atomic E-state index is 12.3. The number of benzene rings is 1. The van der Waals surface area contributed by atoms with E-state index in [-0.39, 0.29) is 5.91 Å². The van der Waals surface area contributed by atoms with E-state index in [9.17, 15) is 9.59 Å². The first-order valence-corrected chi connectivity index (χ1v) is 8.78. The van der Waals surface area contributed by atoms with Crippen LogP contribution in [0.4, 0.5) is 5.00 Å². The second-order valence-electron chi connectivity index (χ2n) is 5.56. The van der Waals surface area contributed by atoms with Crippen LogP contribution in [0.1, 0.15) is 23.2 Å². The number of nitrogens with one attached hydrogen (secondary N) is 1. The molecule has 1 atom stereocenters. The molecule has 25 heavy (non-hydrogen) atoms. The summed E-state index contributed by atoms with van der Waals surface area (Å²) < 4.78 is 15.5. The first-order valence-electron chi connectivity index (χ1n) is 7.90. The Labute approximate surface area is 149 Å². The molecule has 2 aromatic rings. The number of carbonyl (C=O) groups is 2. The van der Waals surface area contributed by atoms with Gasteiger partial charge in [0.15, 0.2) is 0 Å². The Morgan fingerprint density at radius 3 is 2.60 bits per heavy atom. The Kier molecular flexibility index (Phi) is 5.35. The third-order valence-corrected chi connectivity index (χ3v) is 4.94. The van der Waals surface area contributed by atoms with Gasteiger partial charge in [-0.05, 0) is 30.5 Å². The van der Waals surface area contributed by atoms with Crippen LogP contribution in [0.15, 0.2) is 29.6 Å². The highest BCUT2D eigenvalue weighted by atomic mass is 32.1. The third kappa shape index (κ3) is 3.67. The van der Waals surface area contributed by atoms with E-state index in [4.69, 9.17) is 14.2 Å². The van der Waals surface area contributed by atoms with Crippen LogP contribution >= 0.6 is 11.3 Å². The van der Waals surface area contributed by atoms with Crippen LogP contribution in [-0.2, 0) is 14.3 Å². The number of carbonyl (C=O) groups excluding carboxylic acids is 2. The maximum absolute atomic E-state index is 12.3. The Morgan fingerprint density at radius 2 is 2.00 bits per heavy atom. The van der Waals surface area contributed by atoms with Crippen LogP contribution in [0.5, 0.6) is 5.75 Å². The zero-order valence-electron chi connectivity index (χ0n) is 14.0. The van der Waals surface area contributed by atoms with E-state index in [0.717, 1.165) is 17.7 Å². The number of amides is 1. The lowest BCUT2D eigenvalue weighted by molar-refractivity contribution is -0.124. The number of anilines is 1. The molecule has 3 rings (SSSR count). The highest BCUT2D eigenvalue weighted by Gasteiger charge is 2.27. The molecule has 1 aliphatic heterocycles. The Morgan fingerprint density at radius 1 is 1.24 bits per heavy atom. The average Bonchev–Trinajstić information content (AvgIpc) is 3.31. The zero-order chi connectivity index (χ0) is 17.8. The van der Waals surface area contributed by atoms with E-state index in [2.05, 4.69) is 5.32 Å². The van der Waals surface area contributed by atoms with Crippen molar-refractivity contribution >= 4 is 28.2 Å². The van der Waals surface area contributed by atoms with E-state index in [1.165, 1.54) is 18.4 Å². The lowest BCUT2D eigenvalue weighted by atomic mass is 10.0. The molecule has 1 saturated heterocycles. The molecular formula is C18H19NO5S. The molecule has 0 radical (unpaired) electrons. The third-order valence-electron chi connectivity index (χ3n) is 4.04. The lowest BCUT2D eigenvalue weighted by Gasteiger charge is -2.11. The molecule has 6 nitrogen and oxygen atoms in total. The van der Waals surface area contributed by atoms with E-state index >= 15 is 0 Å². The molecule has 7 heteroatoms. The summed E-state index contributed by atoms with van der Waals surface area (Å²) in [7, 11) is 2.92. The molecule has 1 amide bonds. The summed E-state index contributed by atoms with van der Waals surface area (Å²) in [6.45, 7) is 0.587. The normalized spacial score (nSPS) is 16.5. The van der Waals surface area contributed by atoms with Gasteiger partial charge in [-0.1, -0.05) is 12.1 Å². The number of esters is 1. The van der Waals surface area contributed by atoms with Gasteiger partial charge in [0, 0.05) is 17.6 Å². The lowest BCUT2D eigenvalue weighted by Crippen LogP contribution is -2.27. The van der Waals surface area contributed by atoms with Crippen molar-refractivity contribution in [3.8, 4) is 16.9 Å².